The second kappa shape index (κ2) is 10.3. The fraction of sp³-hybridized carbons (Fsp3) is 0.600. The number of hydrogen-bond acceptors (Lipinski definition) is 13. The minimum absolute atomic E-state index is 0.584. The summed E-state index contributed by atoms with van der Waals surface area (Å²) in [5, 5.41) is 40.1. The van der Waals surface area contributed by atoms with Gasteiger partial charge in [0.05, 0.1) is 21.3 Å². The van der Waals surface area contributed by atoms with Gasteiger partial charge in [0, 0.05) is 24.5 Å². The second-order valence-corrected chi connectivity index (χ2v) is 10.3. The summed E-state index contributed by atoms with van der Waals surface area (Å²) in [4.78, 5) is 59.2. The lowest BCUT2D eigenvalue weighted by atomic mass is 9.96. The van der Waals surface area contributed by atoms with E-state index in [0.717, 1.165) is 26.2 Å². The van der Waals surface area contributed by atoms with Crippen molar-refractivity contribution in [3.8, 4) is 0 Å². The molecule has 1 unspecified atom stereocenters. The molecule has 18 nitrogen and oxygen atoms in total. The van der Waals surface area contributed by atoms with Gasteiger partial charge in [-0.25, -0.2) is 14.2 Å². The highest BCUT2D eigenvalue weighted by Gasteiger charge is 2.59. The quantitative estimate of drug-likeness (QED) is 0.171. The predicted molar refractivity (Wildman–Crippen MR) is 125 cm³/mol. The Bertz CT molecular complexity index is 1770. The molecule has 0 amide bonds. The van der Waals surface area contributed by atoms with E-state index in [1.807, 2.05) is 9.97 Å². The Balaban J connectivity index is 0.000000207. The highest BCUT2D eigenvalue weighted by molar-refractivity contribution is 7.47. The van der Waals surface area contributed by atoms with Gasteiger partial charge in [0.1, 0.15) is 35.6 Å². The summed E-state index contributed by atoms with van der Waals surface area (Å²) in [6, 6.07) is -1.18. The molecular formula is C20H27N4O14P. The summed E-state index contributed by atoms with van der Waals surface area (Å²) >= 11 is 0. The molecule has 0 spiro atoms. The van der Waals surface area contributed by atoms with Gasteiger partial charge >= 0.3 is 19.2 Å². The smallest absolute Gasteiger partial charge is 0.394 e. The summed E-state index contributed by atoms with van der Waals surface area (Å²) in [5.74, 6) is 0. The zero-order valence-corrected chi connectivity index (χ0v) is 20.8. The molecule has 3 fully saturated rings. The SMILES string of the molecule is [2H]c1cn([C@@H]2O[C@H](C([2H])([2H])O)[C@@H](O)[C@@]2(C)O)c(=O)[nH]c1=O.[2H]c1cn([C@@H]2O[C@H]3[C@@H](OP(=O)(O)OC3([2H])[2H])[C@@]2(C)O)c(=O)[nH]c1=O. The molecule has 0 aromatic carbocycles. The molecular weight excluding hydrogens is 551 g/mol. The zero-order valence-electron chi connectivity index (χ0n) is 25.9. The molecule has 7 N–H and O–H groups in total. The van der Waals surface area contributed by atoms with Crippen LogP contribution in [0.3, 0.4) is 0 Å². The molecule has 0 radical (unpaired) electrons. The van der Waals surface area contributed by atoms with Gasteiger partial charge in [-0.15, -0.1) is 0 Å². The maximum absolute atomic E-state index is 11.9. The van der Waals surface area contributed by atoms with Crippen molar-refractivity contribution in [1.29, 1.82) is 0 Å². The molecule has 0 aliphatic carbocycles. The lowest BCUT2D eigenvalue weighted by Gasteiger charge is -2.33. The lowest BCUT2D eigenvalue weighted by Crippen LogP contribution is -2.49. The summed E-state index contributed by atoms with van der Waals surface area (Å²) in [7, 11) is -4.80. The van der Waals surface area contributed by atoms with E-state index in [9.17, 15) is 49.1 Å². The third-order valence-corrected chi connectivity index (χ3v) is 6.86. The van der Waals surface area contributed by atoms with Crippen LogP contribution in [0.4, 0.5) is 0 Å². The van der Waals surface area contributed by atoms with Gasteiger partial charge in [-0.1, -0.05) is 0 Å². The summed E-state index contributed by atoms with van der Waals surface area (Å²) in [6.07, 6.45) is -8.53. The number of ether oxygens (including phenoxy) is 2. The van der Waals surface area contributed by atoms with Crippen LogP contribution in [0.1, 0.15) is 34.5 Å². The molecule has 216 valence electrons. The number of phosphoric acid groups is 1. The number of phosphoric ester groups is 1. The van der Waals surface area contributed by atoms with Crippen LogP contribution in [0.15, 0.2) is 43.7 Å². The summed E-state index contributed by atoms with van der Waals surface area (Å²) in [5.41, 5.74) is -8.20. The van der Waals surface area contributed by atoms with Crippen molar-refractivity contribution in [3.63, 3.8) is 0 Å². The van der Waals surface area contributed by atoms with Gasteiger partial charge in [-0.2, -0.15) is 0 Å². The van der Waals surface area contributed by atoms with Crippen LogP contribution in [-0.2, 0) is 23.1 Å². The van der Waals surface area contributed by atoms with E-state index in [-0.39, 0.29) is 0 Å². The normalized spacial score (nSPS) is 43.5. The van der Waals surface area contributed by atoms with Crippen molar-refractivity contribution in [2.24, 2.45) is 0 Å². The number of rotatable bonds is 3. The fourth-order valence-electron chi connectivity index (χ4n) is 4.05. The Kier molecular flexibility index (Phi) is 5.82. The number of aromatic nitrogens is 4. The number of aliphatic hydroxyl groups excluding tert-OH is 1. The van der Waals surface area contributed by atoms with Crippen molar-refractivity contribution >= 4 is 7.82 Å². The van der Waals surface area contributed by atoms with E-state index < -0.39 is 104 Å². The molecule has 5 heterocycles. The minimum Gasteiger partial charge on any atom is -0.394 e. The van der Waals surface area contributed by atoms with E-state index in [0.29, 0.717) is 9.13 Å². The molecule has 0 bridgehead atoms. The molecule has 5 rings (SSSR count). The minimum atomic E-state index is -4.80. The first-order valence-electron chi connectivity index (χ1n) is 13.8. The van der Waals surface area contributed by atoms with Gasteiger partial charge < -0.3 is 34.8 Å². The van der Waals surface area contributed by atoms with Gasteiger partial charge in [0.25, 0.3) is 11.1 Å². The monoisotopic (exact) mass is 584 g/mol. The first-order chi connectivity index (χ1) is 20.3. The molecule has 0 saturated carbocycles. The largest absolute Gasteiger partial charge is 0.472 e. The molecule has 3 aliphatic rings. The molecule has 3 aliphatic heterocycles. The Morgan fingerprint density at radius 3 is 2.08 bits per heavy atom. The zero-order chi connectivity index (χ0) is 34.2. The lowest BCUT2D eigenvalue weighted by molar-refractivity contribution is -0.0987. The molecule has 2 aromatic rings. The maximum atomic E-state index is 11.9. The number of fused-ring (bicyclic) bond motifs is 1. The van der Waals surface area contributed by atoms with Crippen molar-refractivity contribution in [2.45, 2.75) is 61.9 Å². The molecule has 19 heteroatoms. The standard InChI is InChI=1S/C10H13N2O8P.C10H14N2O6/c1-10(15)7-5(4-18-21(16,17)20-7)19-8(10)12-3-2-6(13)11-9(12)14;1-10(17)7(15)5(4-13)18-8(10)12-3-2-6(14)11-9(12)16/h2-3,5,7-8,15H,4H2,1H3,(H,16,17)(H,11,13,14);2-3,5,7-8,13,15,17H,4H2,1H3,(H,11,14,16)/t2*5-,7-,8-,10-/m11/s1/i2*2D,4D2. The first kappa shape index (κ1) is 22.0. The predicted octanol–water partition coefficient (Wildman–Crippen LogP) is -3.76. The summed E-state index contributed by atoms with van der Waals surface area (Å²) in [6.45, 7) is -3.57. The highest BCUT2D eigenvalue weighted by atomic mass is 31.2. The molecule has 2 aromatic heterocycles. The maximum Gasteiger partial charge on any atom is 0.472 e. The van der Waals surface area contributed by atoms with Crippen LogP contribution in [0.5, 0.6) is 0 Å². The third-order valence-electron chi connectivity index (χ3n) is 6.03. The number of H-pyrrole nitrogens is 2. The van der Waals surface area contributed by atoms with Gasteiger partial charge in [-0.3, -0.25) is 37.7 Å². The average molecular weight is 584 g/mol. The van der Waals surface area contributed by atoms with Gasteiger partial charge in [-0.05, 0) is 13.8 Å². The van der Waals surface area contributed by atoms with E-state index in [2.05, 4.69) is 4.52 Å². The Labute approximate surface area is 225 Å². The number of nitrogens with one attached hydrogen (secondary N) is 2. The van der Waals surface area contributed by atoms with Crippen LogP contribution >= 0.6 is 7.82 Å². The van der Waals surface area contributed by atoms with Gasteiger partial charge in [0.15, 0.2) is 12.5 Å². The van der Waals surface area contributed by atoms with E-state index in [1.54, 1.807) is 0 Å². The van der Waals surface area contributed by atoms with Crippen LogP contribution < -0.4 is 22.5 Å². The highest BCUT2D eigenvalue weighted by Crippen LogP contribution is 2.55. The second-order valence-electron chi connectivity index (χ2n) is 8.93. The number of aromatic amines is 2. The fourth-order valence-corrected chi connectivity index (χ4v) is 4.94. The Morgan fingerprint density at radius 2 is 1.59 bits per heavy atom. The number of hydrogen-bond donors (Lipinski definition) is 7. The van der Waals surface area contributed by atoms with Crippen molar-refractivity contribution < 1.29 is 56.6 Å². The van der Waals surface area contributed by atoms with Crippen LogP contribution in [0.25, 0.3) is 0 Å². The Hall–Kier alpha value is -2.77. The Morgan fingerprint density at radius 1 is 1.08 bits per heavy atom. The molecule has 9 atom stereocenters. The first-order valence-corrected chi connectivity index (χ1v) is 12.3. The van der Waals surface area contributed by atoms with E-state index >= 15 is 0 Å². The van der Waals surface area contributed by atoms with Crippen molar-refractivity contribution in [1.82, 2.24) is 19.1 Å². The number of nitrogens with zero attached hydrogens (tertiary/aromatic N) is 2. The summed E-state index contributed by atoms with van der Waals surface area (Å²) < 4.78 is 76.9. The van der Waals surface area contributed by atoms with Crippen molar-refractivity contribution in [2.75, 3.05) is 13.1 Å². The average Bonchev–Trinajstić information content (AvgIpc) is 3.27. The van der Waals surface area contributed by atoms with E-state index in [4.69, 9.17) is 22.2 Å². The van der Waals surface area contributed by atoms with Crippen LogP contribution in [0.2, 0.25) is 0 Å². The number of aliphatic hydroxyl groups is 4. The van der Waals surface area contributed by atoms with Crippen LogP contribution in [-0.4, -0.2) is 93.2 Å². The van der Waals surface area contributed by atoms with Crippen molar-refractivity contribution in [3.05, 3.63) is 66.2 Å². The van der Waals surface area contributed by atoms with Crippen LogP contribution in [0, 0.1) is 0 Å². The van der Waals surface area contributed by atoms with E-state index in [1.165, 1.54) is 0 Å². The molecule has 3 saturated heterocycles. The molecule has 39 heavy (non-hydrogen) atoms. The third kappa shape index (κ3) is 5.48. The van der Waals surface area contributed by atoms with Gasteiger partial charge in [0.2, 0.25) is 0 Å². The topological polar surface area (TPSA) is 265 Å².